The predicted molar refractivity (Wildman–Crippen MR) is 73.3 cm³/mol. The van der Waals surface area contributed by atoms with Crippen LogP contribution in [0, 0.1) is 12.3 Å². The fourth-order valence-corrected chi connectivity index (χ4v) is 3.10. The molecule has 2 N–H and O–H groups in total. The van der Waals surface area contributed by atoms with Gasteiger partial charge in [0.15, 0.2) is 0 Å². The van der Waals surface area contributed by atoms with Crippen LogP contribution in [0.15, 0.2) is 5.38 Å². The number of hydrogen-bond acceptors (Lipinski definition) is 5. The van der Waals surface area contributed by atoms with Crippen molar-refractivity contribution in [2.45, 2.75) is 25.0 Å². The van der Waals surface area contributed by atoms with Crippen molar-refractivity contribution >= 4 is 11.3 Å². The zero-order chi connectivity index (χ0) is 13.0. The van der Waals surface area contributed by atoms with Crippen LogP contribution in [-0.2, 0) is 12.1 Å². The first-order chi connectivity index (χ1) is 8.64. The summed E-state index contributed by atoms with van der Waals surface area (Å²) < 4.78 is 0. The van der Waals surface area contributed by atoms with E-state index in [0.29, 0.717) is 6.54 Å². The van der Waals surface area contributed by atoms with Crippen molar-refractivity contribution in [2.75, 3.05) is 26.7 Å². The first-order valence-corrected chi connectivity index (χ1v) is 7.02. The Labute approximate surface area is 112 Å². The summed E-state index contributed by atoms with van der Waals surface area (Å²) in [4.78, 5) is 6.60. The first-order valence-electron chi connectivity index (χ1n) is 6.14. The maximum absolute atomic E-state index is 10.6. The standard InChI is InChI=1S/C13H19N3OS/c1-3-8-16(2)9-12-15-11(10-18-12)13(17)4-6-14-7-5-13/h1,10,14,17H,4-9H2,2H3. The highest BCUT2D eigenvalue weighted by molar-refractivity contribution is 7.09. The average molecular weight is 265 g/mol. The number of piperidine rings is 1. The van der Waals surface area contributed by atoms with Gasteiger partial charge in [-0.2, -0.15) is 0 Å². The molecule has 0 amide bonds. The van der Waals surface area contributed by atoms with Gasteiger partial charge in [-0.3, -0.25) is 4.90 Å². The second-order valence-corrected chi connectivity index (χ2v) is 5.73. The molecule has 18 heavy (non-hydrogen) atoms. The number of aromatic nitrogens is 1. The molecule has 98 valence electrons. The number of thiazole rings is 1. The minimum absolute atomic E-state index is 0.614. The molecular weight excluding hydrogens is 246 g/mol. The Kier molecular flexibility index (Phi) is 4.36. The molecule has 0 spiro atoms. The van der Waals surface area contributed by atoms with Crippen LogP contribution in [0.25, 0.3) is 0 Å². The van der Waals surface area contributed by atoms with Gasteiger partial charge in [-0.1, -0.05) is 5.92 Å². The van der Waals surface area contributed by atoms with Crippen LogP contribution >= 0.6 is 11.3 Å². The van der Waals surface area contributed by atoms with Crippen LogP contribution < -0.4 is 5.32 Å². The molecular formula is C13H19N3OS. The summed E-state index contributed by atoms with van der Waals surface area (Å²) in [6.07, 6.45) is 6.74. The van der Waals surface area contributed by atoms with Crippen molar-refractivity contribution in [3.63, 3.8) is 0 Å². The maximum Gasteiger partial charge on any atom is 0.110 e. The number of terminal acetylenes is 1. The highest BCUT2D eigenvalue weighted by Crippen LogP contribution is 2.31. The van der Waals surface area contributed by atoms with E-state index in [9.17, 15) is 5.11 Å². The quantitative estimate of drug-likeness (QED) is 0.790. The number of aliphatic hydroxyl groups is 1. The number of nitrogens with zero attached hydrogens (tertiary/aromatic N) is 2. The highest BCUT2D eigenvalue weighted by atomic mass is 32.1. The van der Waals surface area contributed by atoms with E-state index in [1.165, 1.54) is 0 Å². The van der Waals surface area contributed by atoms with Gasteiger partial charge in [0.25, 0.3) is 0 Å². The summed E-state index contributed by atoms with van der Waals surface area (Å²) in [5.74, 6) is 2.61. The Hall–Kier alpha value is -0.930. The zero-order valence-corrected chi connectivity index (χ0v) is 11.5. The summed E-state index contributed by atoms with van der Waals surface area (Å²) in [5.41, 5.74) is 0.0723. The number of hydrogen-bond donors (Lipinski definition) is 2. The largest absolute Gasteiger partial charge is 0.383 e. The fourth-order valence-electron chi connectivity index (χ4n) is 2.14. The molecule has 0 aliphatic carbocycles. The summed E-state index contributed by atoms with van der Waals surface area (Å²) in [7, 11) is 1.97. The normalized spacial score (nSPS) is 18.8. The van der Waals surface area contributed by atoms with E-state index in [1.54, 1.807) is 11.3 Å². The monoisotopic (exact) mass is 265 g/mol. The Morgan fingerprint density at radius 1 is 1.61 bits per heavy atom. The minimum atomic E-state index is -0.745. The van der Waals surface area contributed by atoms with Crippen LogP contribution in [0.5, 0.6) is 0 Å². The Bertz CT molecular complexity index is 432. The molecule has 0 atom stereocenters. The van der Waals surface area contributed by atoms with E-state index in [4.69, 9.17) is 6.42 Å². The van der Waals surface area contributed by atoms with Crippen molar-refractivity contribution in [3.05, 3.63) is 16.1 Å². The van der Waals surface area contributed by atoms with Gasteiger partial charge in [0.1, 0.15) is 10.6 Å². The predicted octanol–water partition coefficient (Wildman–Crippen LogP) is 0.779. The van der Waals surface area contributed by atoms with Crippen molar-refractivity contribution < 1.29 is 5.11 Å². The van der Waals surface area contributed by atoms with Gasteiger partial charge in [-0.15, -0.1) is 17.8 Å². The molecule has 0 bridgehead atoms. The smallest absolute Gasteiger partial charge is 0.110 e. The Morgan fingerprint density at radius 3 is 3.00 bits per heavy atom. The average Bonchev–Trinajstić information content (AvgIpc) is 2.79. The lowest BCUT2D eigenvalue weighted by Gasteiger charge is -2.30. The SMILES string of the molecule is C#CCN(C)Cc1nc(C2(O)CCNCC2)cs1. The molecule has 0 saturated carbocycles. The molecule has 1 aliphatic rings. The molecule has 1 aromatic rings. The van der Waals surface area contributed by atoms with Crippen LogP contribution in [0.2, 0.25) is 0 Å². The number of rotatable bonds is 4. The lowest BCUT2D eigenvalue weighted by molar-refractivity contribution is 0.00225. The minimum Gasteiger partial charge on any atom is -0.383 e. The van der Waals surface area contributed by atoms with Crippen LogP contribution in [0.4, 0.5) is 0 Å². The van der Waals surface area contributed by atoms with Gasteiger partial charge in [0, 0.05) is 5.38 Å². The van der Waals surface area contributed by atoms with Gasteiger partial charge >= 0.3 is 0 Å². The molecule has 1 aliphatic heterocycles. The molecule has 2 rings (SSSR count). The molecule has 4 nitrogen and oxygen atoms in total. The van der Waals surface area contributed by atoms with Gasteiger partial charge in [-0.05, 0) is 33.0 Å². The molecule has 5 heteroatoms. The van der Waals surface area contributed by atoms with Crippen molar-refractivity contribution in [2.24, 2.45) is 0 Å². The van der Waals surface area contributed by atoms with Crippen LogP contribution in [0.1, 0.15) is 23.5 Å². The second kappa shape index (κ2) is 5.81. The fraction of sp³-hybridized carbons (Fsp3) is 0.615. The highest BCUT2D eigenvalue weighted by Gasteiger charge is 2.33. The van der Waals surface area contributed by atoms with Crippen molar-refractivity contribution in [1.82, 2.24) is 15.2 Å². The second-order valence-electron chi connectivity index (χ2n) is 4.78. The van der Waals surface area contributed by atoms with E-state index >= 15 is 0 Å². The van der Waals surface area contributed by atoms with Crippen molar-refractivity contribution in [3.8, 4) is 12.3 Å². The summed E-state index contributed by atoms with van der Waals surface area (Å²) in [6, 6.07) is 0. The van der Waals surface area contributed by atoms with E-state index in [-0.39, 0.29) is 0 Å². The maximum atomic E-state index is 10.6. The molecule has 1 saturated heterocycles. The van der Waals surface area contributed by atoms with E-state index in [0.717, 1.165) is 43.2 Å². The van der Waals surface area contributed by atoms with Gasteiger partial charge in [0.2, 0.25) is 0 Å². The Balaban J connectivity index is 2.03. The van der Waals surface area contributed by atoms with E-state index in [1.807, 2.05) is 17.3 Å². The van der Waals surface area contributed by atoms with Gasteiger partial charge in [-0.25, -0.2) is 4.98 Å². The summed E-state index contributed by atoms with van der Waals surface area (Å²) in [6.45, 7) is 3.05. The lowest BCUT2D eigenvalue weighted by Crippen LogP contribution is -2.40. The Morgan fingerprint density at radius 2 is 2.33 bits per heavy atom. The molecule has 0 radical (unpaired) electrons. The van der Waals surface area contributed by atoms with Crippen LogP contribution in [-0.4, -0.2) is 41.7 Å². The zero-order valence-electron chi connectivity index (χ0n) is 10.6. The third-order valence-corrected chi connectivity index (χ3v) is 4.06. The molecule has 1 aromatic heterocycles. The third kappa shape index (κ3) is 3.09. The molecule has 2 heterocycles. The summed E-state index contributed by atoms with van der Waals surface area (Å²) in [5, 5.41) is 16.8. The van der Waals surface area contributed by atoms with E-state index in [2.05, 4.69) is 16.2 Å². The van der Waals surface area contributed by atoms with Gasteiger partial charge < -0.3 is 10.4 Å². The molecule has 1 fully saturated rings. The third-order valence-electron chi connectivity index (χ3n) is 3.23. The summed E-state index contributed by atoms with van der Waals surface area (Å²) >= 11 is 1.59. The van der Waals surface area contributed by atoms with Gasteiger partial charge in [0.05, 0.1) is 18.8 Å². The van der Waals surface area contributed by atoms with E-state index < -0.39 is 5.60 Å². The molecule has 0 unspecified atom stereocenters. The van der Waals surface area contributed by atoms with Crippen LogP contribution in [0.3, 0.4) is 0 Å². The number of nitrogens with one attached hydrogen (secondary N) is 1. The molecule has 0 aromatic carbocycles. The first kappa shape index (κ1) is 13.5. The topological polar surface area (TPSA) is 48.4 Å². The van der Waals surface area contributed by atoms with Crippen molar-refractivity contribution in [1.29, 1.82) is 0 Å². The lowest BCUT2D eigenvalue weighted by atomic mass is 9.90.